The quantitative estimate of drug-likeness (QED) is 0.430. The van der Waals surface area contributed by atoms with E-state index >= 15 is 0 Å². The lowest BCUT2D eigenvalue weighted by Crippen LogP contribution is -2.38. The predicted octanol–water partition coefficient (Wildman–Crippen LogP) is 3.97. The Morgan fingerprint density at radius 1 is 1.17 bits per heavy atom. The number of aryl methyl sites for hydroxylation is 1. The van der Waals surface area contributed by atoms with Gasteiger partial charge in [0.05, 0.1) is 0 Å². The minimum absolute atomic E-state index is 0. The summed E-state index contributed by atoms with van der Waals surface area (Å²) in [5, 5.41) is 6.68. The summed E-state index contributed by atoms with van der Waals surface area (Å²) in [4.78, 5) is 4.25. The van der Waals surface area contributed by atoms with Gasteiger partial charge in [0.2, 0.25) is 0 Å². The second kappa shape index (κ2) is 8.46. The molecule has 2 atom stereocenters. The van der Waals surface area contributed by atoms with Crippen molar-refractivity contribution in [3.8, 4) is 0 Å². The number of nitrogens with one attached hydrogen (secondary N) is 2. The summed E-state index contributed by atoms with van der Waals surface area (Å²) in [6.45, 7) is 2.80. The number of nitrogens with zero attached hydrogens (tertiary/aromatic N) is 1. The summed E-state index contributed by atoms with van der Waals surface area (Å²) < 4.78 is 13.8. The third kappa shape index (κ3) is 4.69. The number of guanidine groups is 1. The lowest BCUT2D eigenvalue weighted by atomic mass is 10.1. The van der Waals surface area contributed by atoms with E-state index in [2.05, 4.69) is 46.8 Å². The van der Waals surface area contributed by atoms with E-state index in [1.54, 1.807) is 13.1 Å². The van der Waals surface area contributed by atoms with Crippen LogP contribution in [0, 0.1) is 12.7 Å². The van der Waals surface area contributed by atoms with Crippen LogP contribution in [0.1, 0.15) is 29.0 Å². The second-order valence-electron chi connectivity index (χ2n) is 6.03. The van der Waals surface area contributed by atoms with E-state index in [9.17, 15) is 4.39 Å². The molecule has 5 heteroatoms. The zero-order valence-corrected chi connectivity index (χ0v) is 16.3. The third-order valence-corrected chi connectivity index (χ3v) is 4.22. The summed E-state index contributed by atoms with van der Waals surface area (Å²) >= 11 is 0. The molecule has 2 aromatic carbocycles. The van der Waals surface area contributed by atoms with E-state index in [4.69, 9.17) is 0 Å². The highest BCUT2D eigenvalue weighted by Gasteiger charge is 2.40. The number of rotatable bonds is 4. The van der Waals surface area contributed by atoms with E-state index in [1.165, 1.54) is 17.2 Å². The number of aliphatic imine (C=N–C) groups is 1. The Morgan fingerprint density at radius 3 is 2.54 bits per heavy atom. The van der Waals surface area contributed by atoms with Crippen LogP contribution in [0.4, 0.5) is 4.39 Å². The Bertz CT molecular complexity index is 700. The van der Waals surface area contributed by atoms with Gasteiger partial charge in [0.25, 0.3) is 0 Å². The fraction of sp³-hybridized carbons (Fsp3) is 0.316. The molecule has 0 aromatic heterocycles. The van der Waals surface area contributed by atoms with Crippen molar-refractivity contribution < 1.29 is 4.39 Å². The van der Waals surface area contributed by atoms with Crippen LogP contribution in [-0.4, -0.2) is 19.0 Å². The van der Waals surface area contributed by atoms with Crippen molar-refractivity contribution in [2.24, 2.45) is 4.99 Å². The molecule has 0 heterocycles. The van der Waals surface area contributed by atoms with E-state index in [0.29, 0.717) is 0 Å². The van der Waals surface area contributed by atoms with Crippen LogP contribution in [0.2, 0.25) is 0 Å². The average Bonchev–Trinajstić information content (AvgIpc) is 3.32. The first-order valence-electron chi connectivity index (χ1n) is 7.94. The molecule has 1 saturated carbocycles. The molecular formula is C19H23FIN3. The molecule has 1 fully saturated rings. The number of hydrogen-bond acceptors (Lipinski definition) is 1. The van der Waals surface area contributed by atoms with Crippen LogP contribution < -0.4 is 10.6 Å². The van der Waals surface area contributed by atoms with Gasteiger partial charge in [-0.2, -0.15) is 0 Å². The standard InChI is InChI=1S/C19H22FN3.HI/c1-13-7-9-14(10-8-13)12-22-19(21-2)23-18-11-16(18)15-5-3-4-6-17(15)20;/h3-10,16,18H,11-12H2,1-2H3,(H2,21,22,23);1H. The second-order valence-corrected chi connectivity index (χ2v) is 6.03. The largest absolute Gasteiger partial charge is 0.353 e. The van der Waals surface area contributed by atoms with Gasteiger partial charge < -0.3 is 10.6 Å². The predicted molar refractivity (Wildman–Crippen MR) is 107 cm³/mol. The van der Waals surface area contributed by atoms with Gasteiger partial charge >= 0.3 is 0 Å². The van der Waals surface area contributed by atoms with Gasteiger partial charge in [-0.25, -0.2) is 4.39 Å². The van der Waals surface area contributed by atoms with E-state index in [0.717, 1.165) is 24.5 Å². The first-order chi connectivity index (χ1) is 11.2. The van der Waals surface area contributed by atoms with Crippen molar-refractivity contribution in [3.05, 3.63) is 71.0 Å². The monoisotopic (exact) mass is 439 g/mol. The molecule has 1 aliphatic rings. The molecule has 0 bridgehead atoms. The Labute approximate surface area is 159 Å². The smallest absolute Gasteiger partial charge is 0.191 e. The number of hydrogen-bond donors (Lipinski definition) is 2. The molecule has 0 amide bonds. The van der Waals surface area contributed by atoms with Crippen LogP contribution in [0.25, 0.3) is 0 Å². The van der Waals surface area contributed by atoms with Crippen molar-refractivity contribution in [1.29, 1.82) is 0 Å². The highest BCUT2D eigenvalue weighted by atomic mass is 127. The van der Waals surface area contributed by atoms with Gasteiger partial charge in [0, 0.05) is 25.6 Å². The van der Waals surface area contributed by atoms with Crippen molar-refractivity contribution in [3.63, 3.8) is 0 Å². The normalized spacial score (nSPS) is 19.4. The first kappa shape index (κ1) is 18.7. The molecule has 0 radical (unpaired) electrons. The van der Waals surface area contributed by atoms with Gasteiger partial charge in [-0.05, 0) is 30.5 Å². The van der Waals surface area contributed by atoms with Gasteiger partial charge in [-0.1, -0.05) is 48.0 Å². The summed E-state index contributed by atoms with van der Waals surface area (Å²) in [5.41, 5.74) is 3.25. The lowest BCUT2D eigenvalue weighted by molar-refractivity contribution is 0.607. The fourth-order valence-corrected chi connectivity index (χ4v) is 2.74. The molecule has 3 rings (SSSR count). The molecule has 128 valence electrons. The molecule has 0 saturated heterocycles. The molecule has 3 nitrogen and oxygen atoms in total. The minimum atomic E-state index is -0.121. The summed E-state index contributed by atoms with van der Waals surface area (Å²) in [6, 6.07) is 15.7. The number of benzene rings is 2. The van der Waals surface area contributed by atoms with Gasteiger partial charge in [-0.15, -0.1) is 24.0 Å². The van der Waals surface area contributed by atoms with Gasteiger partial charge in [0.1, 0.15) is 5.82 Å². The van der Waals surface area contributed by atoms with E-state index in [1.807, 2.05) is 12.1 Å². The lowest BCUT2D eigenvalue weighted by Gasteiger charge is -2.12. The van der Waals surface area contributed by atoms with E-state index in [-0.39, 0.29) is 41.8 Å². The third-order valence-electron chi connectivity index (χ3n) is 4.22. The minimum Gasteiger partial charge on any atom is -0.353 e. The van der Waals surface area contributed by atoms with Crippen LogP contribution in [0.3, 0.4) is 0 Å². The van der Waals surface area contributed by atoms with Crippen LogP contribution in [0.5, 0.6) is 0 Å². The van der Waals surface area contributed by atoms with Crippen molar-refractivity contribution in [2.45, 2.75) is 31.8 Å². The number of halogens is 2. The molecule has 24 heavy (non-hydrogen) atoms. The molecule has 2 N–H and O–H groups in total. The maximum absolute atomic E-state index is 13.8. The van der Waals surface area contributed by atoms with Gasteiger partial charge in [-0.3, -0.25) is 4.99 Å². The summed E-state index contributed by atoms with van der Waals surface area (Å²) in [6.07, 6.45) is 0.937. The first-order valence-corrected chi connectivity index (χ1v) is 7.94. The van der Waals surface area contributed by atoms with Gasteiger partial charge in [0.15, 0.2) is 5.96 Å². The van der Waals surface area contributed by atoms with Crippen LogP contribution in [0.15, 0.2) is 53.5 Å². The van der Waals surface area contributed by atoms with Crippen LogP contribution >= 0.6 is 24.0 Å². The zero-order valence-electron chi connectivity index (χ0n) is 13.9. The molecule has 1 aliphatic carbocycles. The van der Waals surface area contributed by atoms with Crippen molar-refractivity contribution >= 4 is 29.9 Å². The Hall–Kier alpha value is -1.63. The SMILES string of the molecule is CN=C(NCc1ccc(C)cc1)NC1CC1c1ccccc1F.I. The Morgan fingerprint density at radius 2 is 1.88 bits per heavy atom. The maximum atomic E-state index is 13.8. The van der Waals surface area contributed by atoms with Crippen LogP contribution in [-0.2, 0) is 6.54 Å². The molecule has 0 aliphatic heterocycles. The maximum Gasteiger partial charge on any atom is 0.191 e. The highest BCUT2D eigenvalue weighted by Crippen LogP contribution is 2.41. The Balaban J connectivity index is 0.00000208. The highest BCUT2D eigenvalue weighted by molar-refractivity contribution is 14.0. The summed E-state index contributed by atoms with van der Waals surface area (Å²) in [7, 11) is 1.75. The van der Waals surface area contributed by atoms with Crippen molar-refractivity contribution in [1.82, 2.24) is 10.6 Å². The zero-order chi connectivity index (χ0) is 16.2. The molecule has 2 unspecified atom stereocenters. The summed E-state index contributed by atoms with van der Waals surface area (Å²) in [5.74, 6) is 0.868. The Kier molecular flexibility index (Phi) is 6.60. The fourth-order valence-electron chi connectivity index (χ4n) is 2.74. The topological polar surface area (TPSA) is 36.4 Å². The molecular weight excluding hydrogens is 416 g/mol. The van der Waals surface area contributed by atoms with Crippen molar-refractivity contribution in [2.75, 3.05) is 7.05 Å². The van der Waals surface area contributed by atoms with E-state index < -0.39 is 0 Å². The molecule has 0 spiro atoms. The molecule has 2 aromatic rings. The average molecular weight is 439 g/mol.